The number of carbonyl (C=O) groups is 1. The summed E-state index contributed by atoms with van der Waals surface area (Å²) in [7, 11) is 1.66. The van der Waals surface area contributed by atoms with Crippen molar-refractivity contribution in [3.05, 3.63) is 35.9 Å². The third-order valence-electron chi connectivity index (χ3n) is 5.14. The normalized spacial score (nSPS) is 21.2. The summed E-state index contributed by atoms with van der Waals surface area (Å²) in [6.07, 6.45) is 4.63. The predicted octanol–water partition coefficient (Wildman–Crippen LogP) is 2.71. The van der Waals surface area contributed by atoms with Crippen molar-refractivity contribution < 1.29 is 4.79 Å². The Kier molecular flexibility index (Phi) is 8.05. The highest BCUT2D eigenvalue weighted by molar-refractivity contribution is 7.80. The van der Waals surface area contributed by atoms with E-state index in [4.69, 9.17) is 12.2 Å². The smallest absolute Gasteiger partial charge is 0.242 e. The molecule has 0 aliphatic heterocycles. The highest BCUT2D eigenvalue weighted by Gasteiger charge is 2.32. The number of likely N-dealkylation sites (N-methyl/N-ethyl adjacent to an activating group) is 1. The van der Waals surface area contributed by atoms with Gasteiger partial charge >= 0.3 is 0 Å². The Morgan fingerprint density at radius 3 is 2.37 bits per heavy atom. The molecule has 1 unspecified atom stereocenters. The van der Waals surface area contributed by atoms with E-state index in [1.54, 1.807) is 7.05 Å². The molecule has 4 N–H and O–H groups in total. The Morgan fingerprint density at radius 2 is 1.78 bits per heavy atom. The Morgan fingerprint density at radius 1 is 1.15 bits per heavy atom. The number of hydrogen-bond acceptors (Lipinski definition) is 3. The van der Waals surface area contributed by atoms with Crippen molar-refractivity contribution in [1.82, 2.24) is 21.3 Å². The van der Waals surface area contributed by atoms with Crippen LogP contribution in [0.2, 0.25) is 0 Å². The van der Waals surface area contributed by atoms with Gasteiger partial charge < -0.3 is 21.3 Å². The highest BCUT2D eigenvalue weighted by Crippen LogP contribution is 2.21. The zero-order valence-corrected chi connectivity index (χ0v) is 17.8. The van der Waals surface area contributed by atoms with Gasteiger partial charge in [0.2, 0.25) is 5.91 Å². The molecule has 27 heavy (non-hydrogen) atoms. The highest BCUT2D eigenvalue weighted by atomic mass is 32.1. The van der Waals surface area contributed by atoms with Crippen LogP contribution in [0.1, 0.15) is 52.0 Å². The lowest BCUT2D eigenvalue weighted by Crippen LogP contribution is -2.59. The number of rotatable bonds is 6. The summed E-state index contributed by atoms with van der Waals surface area (Å²) in [6.45, 7) is 6.96. The second-order valence-corrected chi connectivity index (χ2v) is 8.80. The molecule has 3 atom stereocenters. The van der Waals surface area contributed by atoms with Crippen molar-refractivity contribution in [2.75, 3.05) is 7.05 Å². The van der Waals surface area contributed by atoms with E-state index in [9.17, 15) is 4.79 Å². The minimum atomic E-state index is -0.373. The number of amides is 1. The van der Waals surface area contributed by atoms with Crippen LogP contribution in [-0.2, 0) is 11.3 Å². The molecule has 0 radical (unpaired) electrons. The number of hydrogen-bond donors (Lipinski definition) is 4. The summed E-state index contributed by atoms with van der Waals surface area (Å²) in [4.78, 5) is 12.2. The molecule has 1 aromatic rings. The zero-order chi connectivity index (χ0) is 19.9. The lowest BCUT2D eigenvalue weighted by molar-refractivity contribution is -0.124. The van der Waals surface area contributed by atoms with Gasteiger partial charge in [-0.1, -0.05) is 63.9 Å². The van der Waals surface area contributed by atoms with Gasteiger partial charge in [-0.05, 0) is 36.0 Å². The molecule has 1 saturated carbocycles. The minimum Gasteiger partial charge on any atom is -0.358 e. The third kappa shape index (κ3) is 6.78. The van der Waals surface area contributed by atoms with E-state index >= 15 is 0 Å². The van der Waals surface area contributed by atoms with E-state index in [0.717, 1.165) is 19.4 Å². The predicted molar refractivity (Wildman–Crippen MR) is 116 cm³/mol. The molecule has 0 heterocycles. The SMILES string of the molecule is CNC(=O)C(NC(=S)N[C@H]1CCCC[C@@H]1NCc1ccccc1)C(C)(C)C. The van der Waals surface area contributed by atoms with E-state index in [2.05, 4.69) is 45.5 Å². The maximum absolute atomic E-state index is 12.2. The first-order valence-corrected chi connectivity index (χ1v) is 10.3. The Labute approximate surface area is 169 Å². The molecule has 1 fully saturated rings. The van der Waals surface area contributed by atoms with E-state index < -0.39 is 0 Å². The van der Waals surface area contributed by atoms with E-state index in [-0.39, 0.29) is 23.4 Å². The molecule has 0 spiro atoms. The summed E-state index contributed by atoms with van der Waals surface area (Å²) in [5.41, 5.74) is 1.05. The van der Waals surface area contributed by atoms with Crippen molar-refractivity contribution in [2.45, 2.75) is 71.1 Å². The van der Waals surface area contributed by atoms with Crippen molar-refractivity contribution in [1.29, 1.82) is 0 Å². The van der Waals surface area contributed by atoms with Gasteiger partial charge in [0.1, 0.15) is 6.04 Å². The third-order valence-corrected chi connectivity index (χ3v) is 5.38. The number of benzene rings is 1. The van der Waals surface area contributed by atoms with Crippen LogP contribution in [0, 0.1) is 5.41 Å². The topological polar surface area (TPSA) is 65.2 Å². The van der Waals surface area contributed by atoms with Crippen LogP contribution in [-0.4, -0.2) is 36.2 Å². The summed E-state index contributed by atoms with van der Waals surface area (Å²) in [5, 5.41) is 13.7. The average molecular weight is 391 g/mol. The van der Waals surface area contributed by atoms with Crippen LogP contribution >= 0.6 is 12.2 Å². The summed E-state index contributed by atoms with van der Waals surface area (Å²) in [6, 6.07) is 10.7. The molecule has 0 saturated heterocycles. The molecule has 2 rings (SSSR count). The second kappa shape index (κ2) is 10.0. The molecule has 5 nitrogen and oxygen atoms in total. The van der Waals surface area contributed by atoms with Crippen molar-refractivity contribution in [2.24, 2.45) is 5.41 Å². The van der Waals surface area contributed by atoms with E-state index in [0.29, 0.717) is 11.2 Å². The molecule has 6 heteroatoms. The molecule has 1 aromatic carbocycles. The van der Waals surface area contributed by atoms with Gasteiger partial charge in [0, 0.05) is 25.7 Å². The van der Waals surface area contributed by atoms with Crippen LogP contribution in [0.5, 0.6) is 0 Å². The van der Waals surface area contributed by atoms with Crippen molar-refractivity contribution in [3.8, 4) is 0 Å². The van der Waals surface area contributed by atoms with Gasteiger partial charge in [0.15, 0.2) is 5.11 Å². The van der Waals surface area contributed by atoms with Crippen LogP contribution in [0.3, 0.4) is 0 Å². The maximum atomic E-state index is 12.2. The first kappa shape index (κ1) is 21.6. The van der Waals surface area contributed by atoms with Gasteiger partial charge in [-0.25, -0.2) is 0 Å². The van der Waals surface area contributed by atoms with Gasteiger partial charge in [-0.3, -0.25) is 4.79 Å². The fourth-order valence-corrected chi connectivity index (χ4v) is 3.82. The average Bonchev–Trinajstić information content (AvgIpc) is 2.65. The lowest BCUT2D eigenvalue weighted by Gasteiger charge is -2.36. The first-order chi connectivity index (χ1) is 12.8. The molecule has 1 aliphatic rings. The minimum absolute atomic E-state index is 0.0472. The van der Waals surface area contributed by atoms with Crippen LogP contribution in [0.15, 0.2) is 30.3 Å². The van der Waals surface area contributed by atoms with E-state index in [1.807, 2.05) is 26.8 Å². The number of nitrogens with one attached hydrogen (secondary N) is 4. The summed E-state index contributed by atoms with van der Waals surface area (Å²) < 4.78 is 0. The standard InChI is InChI=1S/C21H34N4OS/c1-21(2,3)18(19(26)22-4)25-20(27)24-17-13-9-8-12-16(17)23-14-15-10-6-5-7-11-15/h5-7,10-11,16-18,23H,8-9,12-14H2,1-4H3,(H,22,26)(H2,24,25,27)/t16-,17-,18?/m0/s1. The molecule has 1 aliphatic carbocycles. The molecule has 0 bridgehead atoms. The van der Waals surface area contributed by atoms with Crippen LogP contribution in [0.4, 0.5) is 0 Å². The largest absolute Gasteiger partial charge is 0.358 e. The quantitative estimate of drug-likeness (QED) is 0.563. The fraction of sp³-hybridized carbons (Fsp3) is 0.619. The Balaban J connectivity index is 1.93. The van der Waals surface area contributed by atoms with Crippen LogP contribution in [0.25, 0.3) is 0 Å². The van der Waals surface area contributed by atoms with Crippen LogP contribution < -0.4 is 21.3 Å². The maximum Gasteiger partial charge on any atom is 0.242 e. The van der Waals surface area contributed by atoms with Gasteiger partial charge in [-0.15, -0.1) is 0 Å². The lowest BCUT2D eigenvalue weighted by atomic mass is 9.86. The number of carbonyl (C=O) groups excluding carboxylic acids is 1. The summed E-state index contributed by atoms with van der Waals surface area (Å²) in [5.74, 6) is -0.0472. The summed E-state index contributed by atoms with van der Waals surface area (Å²) >= 11 is 5.55. The molecule has 1 amide bonds. The van der Waals surface area contributed by atoms with Crippen molar-refractivity contribution in [3.63, 3.8) is 0 Å². The van der Waals surface area contributed by atoms with Gasteiger partial charge in [0.05, 0.1) is 0 Å². The molecular formula is C21H34N4OS. The monoisotopic (exact) mass is 390 g/mol. The Hall–Kier alpha value is -1.66. The van der Waals surface area contributed by atoms with Gasteiger partial charge in [0.25, 0.3) is 0 Å². The fourth-order valence-electron chi connectivity index (χ4n) is 3.55. The molecule has 0 aromatic heterocycles. The van der Waals surface area contributed by atoms with E-state index in [1.165, 1.54) is 18.4 Å². The number of thiocarbonyl (C=S) groups is 1. The first-order valence-electron chi connectivity index (χ1n) is 9.87. The zero-order valence-electron chi connectivity index (χ0n) is 17.0. The second-order valence-electron chi connectivity index (χ2n) is 8.40. The Bertz CT molecular complexity index is 614. The van der Waals surface area contributed by atoms with Crippen molar-refractivity contribution >= 4 is 23.2 Å². The molecular weight excluding hydrogens is 356 g/mol. The van der Waals surface area contributed by atoms with Gasteiger partial charge in [-0.2, -0.15) is 0 Å². The molecule has 150 valence electrons.